The maximum Gasteiger partial charge on any atom is 0.138 e. The first-order valence-electron chi connectivity index (χ1n) is 7.06. The first-order valence-corrected chi connectivity index (χ1v) is 7.06. The van der Waals surface area contributed by atoms with Gasteiger partial charge in [0.2, 0.25) is 0 Å². The molecule has 0 atom stereocenters. The Hall–Kier alpha value is -0.900. The van der Waals surface area contributed by atoms with Crippen LogP contribution in [0.4, 0.5) is 0 Å². The molecule has 1 fully saturated rings. The molecular weight excluding hydrogens is 224 g/mol. The summed E-state index contributed by atoms with van der Waals surface area (Å²) in [4.78, 5) is 4.42. The summed E-state index contributed by atoms with van der Waals surface area (Å²) in [7, 11) is 0. The molecule has 0 amide bonds. The van der Waals surface area contributed by atoms with Crippen LogP contribution in [0.1, 0.15) is 52.8 Å². The van der Waals surface area contributed by atoms with E-state index >= 15 is 0 Å². The van der Waals surface area contributed by atoms with E-state index in [1.54, 1.807) is 6.33 Å². The Kier molecular flexibility index (Phi) is 3.76. The van der Waals surface area contributed by atoms with Crippen molar-refractivity contribution >= 4 is 0 Å². The second kappa shape index (κ2) is 5.00. The smallest absolute Gasteiger partial charge is 0.138 e. The number of hydrogen-bond acceptors (Lipinski definition) is 3. The van der Waals surface area contributed by atoms with Crippen molar-refractivity contribution in [2.75, 3.05) is 6.54 Å². The van der Waals surface area contributed by atoms with Crippen molar-refractivity contribution in [3.63, 3.8) is 0 Å². The second-order valence-electron chi connectivity index (χ2n) is 6.63. The largest absolute Gasteiger partial charge is 0.312 e. The minimum absolute atomic E-state index is 0.195. The lowest BCUT2D eigenvalue weighted by atomic mass is 9.66. The molecule has 0 radical (unpaired) electrons. The molecule has 1 aliphatic carbocycles. The van der Waals surface area contributed by atoms with Crippen molar-refractivity contribution in [3.05, 3.63) is 12.2 Å². The van der Waals surface area contributed by atoms with Crippen molar-refractivity contribution in [2.24, 2.45) is 5.41 Å². The van der Waals surface area contributed by atoms with Crippen LogP contribution in [-0.4, -0.2) is 26.8 Å². The first kappa shape index (κ1) is 13.5. The quantitative estimate of drug-likeness (QED) is 0.872. The molecule has 0 spiro atoms. The van der Waals surface area contributed by atoms with Gasteiger partial charge in [0.25, 0.3) is 0 Å². The molecule has 1 aliphatic rings. The van der Waals surface area contributed by atoms with Crippen LogP contribution < -0.4 is 5.32 Å². The number of rotatable bonds is 5. The van der Waals surface area contributed by atoms with Gasteiger partial charge in [0.1, 0.15) is 12.2 Å². The van der Waals surface area contributed by atoms with E-state index in [1.165, 1.54) is 19.3 Å². The van der Waals surface area contributed by atoms with Gasteiger partial charge in [-0.3, -0.25) is 4.68 Å². The van der Waals surface area contributed by atoms with Crippen LogP contribution in [0.2, 0.25) is 0 Å². The highest BCUT2D eigenvalue weighted by Crippen LogP contribution is 2.43. The molecule has 0 unspecified atom stereocenters. The van der Waals surface area contributed by atoms with Crippen LogP contribution in [-0.2, 0) is 13.0 Å². The summed E-state index contributed by atoms with van der Waals surface area (Å²) in [5.41, 5.74) is 0.605. The first-order chi connectivity index (χ1) is 8.44. The normalized spacial score (nSPS) is 18.7. The standard InChI is InChI=1S/C14H26N4/c1-5-18-12(15-11-17-18)9-14(7-6-8-14)10-16-13(2,3)4/h11,16H,5-10H2,1-4H3. The lowest BCUT2D eigenvalue weighted by Gasteiger charge is -2.43. The highest BCUT2D eigenvalue weighted by molar-refractivity contribution is 5.00. The van der Waals surface area contributed by atoms with Crippen molar-refractivity contribution < 1.29 is 0 Å². The van der Waals surface area contributed by atoms with Crippen LogP contribution in [0.15, 0.2) is 6.33 Å². The summed E-state index contributed by atoms with van der Waals surface area (Å²) in [5, 5.41) is 7.93. The molecule has 1 heterocycles. The van der Waals surface area contributed by atoms with Crippen molar-refractivity contribution in [1.29, 1.82) is 0 Å². The number of aryl methyl sites for hydroxylation is 1. The highest BCUT2D eigenvalue weighted by Gasteiger charge is 2.38. The third kappa shape index (κ3) is 3.10. The Morgan fingerprint density at radius 2 is 2.11 bits per heavy atom. The third-order valence-corrected chi connectivity index (χ3v) is 3.94. The van der Waals surface area contributed by atoms with E-state index in [4.69, 9.17) is 0 Å². The molecular formula is C14H26N4. The molecule has 0 saturated heterocycles. The fourth-order valence-electron chi connectivity index (χ4n) is 2.57. The van der Waals surface area contributed by atoms with E-state index in [9.17, 15) is 0 Å². The van der Waals surface area contributed by atoms with E-state index in [2.05, 4.69) is 43.1 Å². The van der Waals surface area contributed by atoms with Gasteiger partial charge in [0, 0.05) is 25.0 Å². The molecule has 1 aromatic rings. The fraction of sp³-hybridized carbons (Fsp3) is 0.857. The monoisotopic (exact) mass is 250 g/mol. The van der Waals surface area contributed by atoms with Crippen LogP contribution in [0.5, 0.6) is 0 Å². The van der Waals surface area contributed by atoms with Gasteiger partial charge in [-0.2, -0.15) is 5.10 Å². The molecule has 2 rings (SSSR count). The van der Waals surface area contributed by atoms with E-state index in [-0.39, 0.29) is 5.54 Å². The molecule has 1 saturated carbocycles. The molecule has 102 valence electrons. The Morgan fingerprint density at radius 1 is 1.39 bits per heavy atom. The topological polar surface area (TPSA) is 42.7 Å². The van der Waals surface area contributed by atoms with E-state index in [0.29, 0.717) is 5.41 Å². The van der Waals surface area contributed by atoms with Gasteiger partial charge >= 0.3 is 0 Å². The van der Waals surface area contributed by atoms with Crippen molar-refractivity contribution in [1.82, 2.24) is 20.1 Å². The van der Waals surface area contributed by atoms with Gasteiger partial charge in [0.15, 0.2) is 0 Å². The summed E-state index contributed by atoms with van der Waals surface area (Å²) in [5.74, 6) is 1.15. The zero-order valence-corrected chi connectivity index (χ0v) is 12.2. The van der Waals surface area contributed by atoms with Gasteiger partial charge in [-0.25, -0.2) is 4.98 Å². The van der Waals surface area contributed by atoms with E-state index in [0.717, 1.165) is 25.3 Å². The molecule has 0 aromatic carbocycles. The molecule has 0 bridgehead atoms. The Bertz CT molecular complexity index is 385. The number of aromatic nitrogens is 3. The molecule has 4 heteroatoms. The van der Waals surface area contributed by atoms with Gasteiger partial charge < -0.3 is 5.32 Å². The predicted molar refractivity (Wildman–Crippen MR) is 73.4 cm³/mol. The highest BCUT2D eigenvalue weighted by atomic mass is 15.3. The Labute approximate surface area is 110 Å². The number of hydrogen-bond donors (Lipinski definition) is 1. The predicted octanol–water partition coefficient (Wildman–Crippen LogP) is 2.40. The fourth-order valence-corrected chi connectivity index (χ4v) is 2.57. The van der Waals surface area contributed by atoms with Crippen molar-refractivity contribution in [2.45, 2.75) is 65.5 Å². The van der Waals surface area contributed by atoms with E-state index in [1.807, 2.05) is 4.68 Å². The van der Waals surface area contributed by atoms with Gasteiger partial charge in [0.05, 0.1) is 0 Å². The zero-order chi connectivity index (χ0) is 13.2. The second-order valence-corrected chi connectivity index (χ2v) is 6.63. The maximum atomic E-state index is 4.42. The van der Waals surface area contributed by atoms with Gasteiger partial charge in [-0.05, 0) is 46.0 Å². The lowest BCUT2D eigenvalue weighted by molar-refractivity contribution is 0.114. The average molecular weight is 250 g/mol. The molecule has 0 aliphatic heterocycles. The summed E-state index contributed by atoms with van der Waals surface area (Å²) >= 11 is 0. The number of nitrogens with one attached hydrogen (secondary N) is 1. The Morgan fingerprint density at radius 3 is 2.61 bits per heavy atom. The Balaban J connectivity index is 2.00. The summed E-state index contributed by atoms with van der Waals surface area (Å²) < 4.78 is 2.02. The van der Waals surface area contributed by atoms with Crippen LogP contribution in [0.3, 0.4) is 0 Å². The number of nitrogens with zero attached hydrogens (tertiary/aromatic N) is 3. The van der Waals surface area contributed by atoms with Gasteiger partial charge in [-0.1, -0.05) is 6.42 Å². The van der Waals surface area contributed by atoms with Crippen LogP contribution in [0, 0.1) is 5.41 Å². The molecule has 18 heavy (non-hydrogen) atoms. The molecule has 1 N–H and O–H groups in total. The summed E-state index contributed by atoms with van der Waals surface area (Å²) in [6, 6.07) is 0. The minimum atomic E-state index is 0.195. The summed E-state index contributed by atoms with van der Waals surface area (Å²) in [6.45, 7) is 10.8. The van der Waals surface area contributed by atoms with Crippen molar-refractivity contribution in [3.8, 4) is 0 Å². The molecule has 1 aromatic heterocycles. The van der Waals surface area contributed by atoms with Crippen LogP contribution >= 0.6 is 0 Å². The van der Waals surface area contributed by atoms with Gasteiger partial charge in [-0.15, -0.1) is 0 Å². The van der Waals surface area contributed by atoms with E-state index < -0.39 is 0 Å². The minimum Gasteiger partial charge on any atom is -0.312 e. The zero-order valence-electron chi connectivity index (χ0n) is 12.2. The average Bonchev–Trinajstić information content (AvgIpc) is 2.67. The maximum absolute atomic E-state index is 4.42. The lowest BCUT2D eigenvalue weighted by Crippen LogP contribution is -2.48. The van der Waals surface area contributed by atoms with Crippen LogP contribution in [0.25, 0.3) is 0 Å². The third-order valence-electron chi connectivity index (χ3n) is 3.94. The SMILES string of the molecule is CCn1ncnc1CC1(CNC(C)(C)C)CCC1. The molecule has 4 nitrogen and oxygen atoms in total. The summed E-state index contributed by atoms with van der Waals surface area (Å²) in [6.07, 6.45) is 6.72.